The Morgan fingerprint density at radius 3 is 2.76 bits per heavy atom. The number of amides is 2. The lowest BCUT2D eigenvalue weighted by molar-refractivity contribution is -0.141. The van der Waals surface area contributed by atoms with Gasteiger partial charge in [0.15, 0.2) is 0 Å². The Morgan fingerprint density at radius 2 is 2.14 bits per heavy atom. The molecule has 0 bridgehead atoms. The second-order valence-electron chi connectivity index (χ2n) is 3.86. The van der Waals surface area contributed by atoms with Crippen LogP contribution in [0, 0.1) is 6.92 Å². The molecule has 0 unspecified atom stereocenters. The number of aromatic nitrogens is 4. The van der Waals surface area contributed by atoms with Crippen molar-refractivity contribution in [2.24, 2.45) is 0 Å². The number of anilines is 1. The van der Waals surface area contributed by atoms with Gasteiger partial charge < -0.3 is 5.32 Å². The maximum Gasteiger partial charge on any atom is 0.433 e. The van der Waals surface area contributed by atoms with Crippen LogP contribution in [0.3, 0.4) is 0 Å². The molecular formula is C10H9F3N6OS. The lowest BCUT2D eigenvalue weighted by Gasteiger charge is -2.09. The number of hydrogen-bond acceptors (Lipinski definition) is 6. The van der Waals surface area contributed by atoms with Crippen molar-refractivity contribution in [1.82, 2.24) is 25.5 Å². The monoisotopic (exact) mass is 318 g/mol. The molecule has 2 aromatic rings. The van der Waals surface area contributed by atoms with Crippen LogP contribution in [0.1, 0.15) is 17.2 Å². The van der Waals surface area contributed by atoms with Crippen LogP contribution in [0.2, 0.25) is 0 Å². The minimum atomic E-state index is -4.56. The fraction of sp³-hybridized carbons (Fsp3) is 0.300. The van der Waals surface area contributed by atoms with E-state index < -0.39 is 17.9 Å². The molecular weight excluding hydrogens is 309 g/mol. The van der Waals surface area contributed by atoms with Gasteiger partial charge >= 0.3 is 12.2 Å². The van der Waals surface area contributed by atoms with Crippen LogP contribution in [-0.4, -0.2) is 26.2 Å². The second-order valence-corrected chi connectivity index (χ2v) is 4.69. The highest BCUT2D eigenvalue weighted by molar-refractivity contribution is 7.13. The number of halogens is 3. The van der Waals surface area contributed by atoms with Crippen molar-refractivity contribution in [3.8, 4) is 0 Å². The molecule has 112 valence electrons. The average molecular weight is 318 g/mol. The van der Waals surface area contributed by atoms with Crippen LogP contribution in [0.15, 0.2) is 11.6 Å². The summed E-state index contributed by atoms with van der Waals surface area (Å²) in [7, 11) is 0. The van der Waals surface area contributed by atoms with E-state index in [1.54, 1.807) is 0 Å². The quantitative estimate of drug-likeness (QED) is 0.902. The van der Waals surface area contributed by atoms with Crippen molar-refractivity contribution in [2.45, 2.75) is 19.6 Å². The SMILES string of the molecule is Cc1cc(C(F)(F)F)nc(CNC(=O)Nc2nncs2)n1. The summed E-state index contributed by atoms with van der Waals surface area (Å²) in [5.74, 6) is -0.130. The van der Waals surface area contributed by atoms with Crippen LogP contribution in [-0.2, 0) is 12.7 Å². The molecule has 2 aromatic heterocycles. The van der Waals surface area contributed by atoms with Gasteiger partial charge in [0.25, 0.3) is 0 Å². The number of nitrogens with zero attached hydrogens (tertiary/aromatic N) is 4. The van der Waals surface area contributed by atoms with E-state index in [9.17, 15) is 18.0 Å². The topological polar surface area (TPSA) is 92.7 Å². The van der Waals surface area contributed by atoms with Gasteiger partial charge in [-0.05, 0) is 13.0 Å². The highest BCUT2D eigenvalue weighted by atomic mass is 32.1. The molecule has 0 fully saturated rings. The van der Waals surface area contributed by atoms with E-state index in [0.29, 0.717) is 0 Å². The van der Waals surface area contributed by atoms with E-state index in [1.807, 2.05) is 0 Å². The number of nitrogens with one attached hydrogen (secondary N) is 2. The van der Waals surface area contributed by atoms with E-state index in [-0.39, 0.29) is 23.2 Å². The Balaban J connectivity index is 2.00. The first-order valence-corrected chi connectivity index (χ1v) is 6.45. The number of alkyl halides is 3. The summed E-state index contributed by atoms with van der Waals surface area (Å²) >= 11 is 1.11. The van der Waals surface area contributed by atoms with Gasteiger partial charge in [0, 0.05) is 5.69 Å². The van der Waals surface area contributed by atoms with Crippen molar-refractivity contribution in [3.05, 3.63) is 28.8 Å². The molecule has 0 radical (unpaired) electrons. The zero-order valence-corrected chi connectivity index (χ0v) is 11.4. The van der Waals surface area contributed by atoms with Gasteiger partial charge in [-0.15, -0.1) is 10.2 Å². The fourth-order valence-corrected chi connectivity index (χ4v) is 1.82. The molecule has 11 heteroatoms. The Bertz CT molecular complexity index is 630. The minimum Gasteiger partial charge on any atom is -0.331 e. The van der Waals surface area contributed by atoms with Crippen LogP contribution in [0.4, 0.5) is 23.1 Å². The highest BCUT2D eigenvalue weighted by Crippen LogP contribution is 2.27. The summed E-state index contributed by atoms with van der Waals surface area (Å²) in [5.41, 5.74) is 0.546. The molecule has 2 rings (SSSR count). The van der Waals surface area contributed by atoms with Gasteiger partial charge in [-0.3, -0.25) is 5.32 Å². The summed E-state index contributed by atoms with van der Waals surface area (Å²) in [6.45, 7) is 1.18. The summed E-state index contributed by atoms with van der Waals surface area (Å²) in [4.78, 5) is 18.7. The van der Waals surface area contributed by atoms with Crippen LogP contribution in [0.5, 0.6) is 0 Å². The minimum absolute atomic E-state index is 0.130. The number of aryl methyl sites for hydroxylation is 1. The number of hydrogen-bond donors (Lipinski definition) is 2. The first-order valence-electron chi connectivity index (χ1n) is 5.57. The molecule has 0 aromatic carbocycles. The van der Waals surface area contributed by atoms with E-state index in [4.69, 9.17) is 0 Å². The molecule has 0 aliphatic carbocycles. The van der Waals surface area contributed by atoms with E-state index in [2.05, 4.69) is 30.8 Å². The lowest BCUT2D eigenvalue weighted by atomic mass is 10.3. The number of carbonyl (C=O) groups is 1. The zero-order valence-electron chi connectivity index (χ0n) is 10.6. The number of urea groups is 1. The van der Waals surface area contributed by atoms with Crippen molar-refractivity contribution in [1.29, 1.82) is 0 Å². The van der Waals surface area contributed by atoms with Gasteiger partial charge in [-0.25, -0.2) is 14.8 Å². The Morgan fingerprint density at radius 1 is 1.38 bits per heavy atom. The Labute approximate surface area is 120 Å². The molecule has 0 spiro atoms. The largest absolute Gasteiger partial charge is 0.433 e. The van der Waals surface area contributed by atoms with Gasteiger partial charge in [-0.2, -0.15) is 13.2 Å². The van der Waals surface area contributed by atoms with Crippen LogP contribution in [0.25, 0.3) is 0 Å². The third-order valence-corrected chi connectivity index (χ3v) is 2.79. The molecule has 0 atom stereocenters. The Kier molecular flexibility index (Phi) is 4.31. The highest BCUT2D eigenvalue weighted by Gasteiger charge is 2.33. The summed E-state index contributed by atoms with van der Waals surface area (Å²) in [5, 5.41) is 12.1. The predicted molar refractivity (Wildman–Crippen MR) is 67.5 cm³/mol. The third-order valence-electron chi connectivity index (χ3n) is 2.18. The van der Waals surface area contributed by atoms with E-state index in [0.717, 1.165) is 17.4 Å². The molecule has 2 heterocycles. The third kappa shape index (κ3) is 4.34. The van der Waals surface area contributed by atoms with Crippen LogP contribution < -0.4 is 10.6 Å². The van der Waals surface area contributed by atoms with Crippen LogP contribution >= 0.6 is 11.3 Å². The normalized spacial score (nSPS) is 11.2. The molecule has 0 saturated carbocycles. The first-order chi connectivity index (χ1) is 9.84. The molecule has 7 nitrogen and oxygen atoms in total. The van der Waals surface area contributed by atoms with Crippen molar-refractivity contribution in [3.63, 3.8) is 0 Å². The standard InChI is InChI=1S/C10H9F3N6OS/c1-5-2-6(10(11,12)13)17-7(16-5)3-14-8(20)18-9-19-15-4-21-9/h2,4H,3H2,1H3,(H2,14,18,19,20). The summed E-state index contributed by atoms with van der Waals surface area (Å²) in [6, 6.07) is 0.204. The molecule has 0 saturated heterocycles. The Hall–Kier alpha value is -2.30. The smallest absolute Gasteiger partial charge is 0.331 e. The molecule has 0 aliphatic heterocycles. The van der Waals surface area contributed by atoms with E-state index in [1.165, 1.54) is 12.4 Å². The first kappa shape index (κ1) is 15.1. The maximum atomic E-state index is 12.6. The summed E-state index contributed by atoms with van der Waals surface area (Å²) < 4.78 is 37.8. The lowest BCUT2D eigenvalue weighted by Crippen LogP contribution is -2.29. The molecule has 2 N–H and O–H groups in total. The van der Waals surface area contributed by atoms with Crippen molar-refractivity contribution >= 4 is 22.5 Å². The maximum absolute atomic E-state index is 12.6. The second kappa shape index (κ2) is 5.99. The van der Waals surface area contributed by atoms with Crippen molar-refractivity contribution < 1.29 is 18.0 Å². The van der Waals surface area contributed by atoms with Gasteiger partial charge in [0.2, 0.25) is 5.13 Å². The number of carbonyl (C=O) groups excluding carboxylic acids is 1. The van der Waals surface area contributed by atoms with Gasteiger partial charge in [-0.1, -0.05) is 11.3 Å². The fourth-order valence-electron chi connectivity index (χ4n) is 1.38. The zero-order chi connectivity index (χ0) is 15.5. The average Bonchev–Trinajstić information content (AvgIpc) is 2.87. The van der Waals surface area contributed by atoms with Crippen molar-refractivity contribution in [2.75, 3.05) is 5.32 Å². The van der Waals surface area contributed by atoms with Gasteiger partial charge in [0.05, 0.1) is 6.54 Å². The molecule has 2 amide bonds. The summed E-state index contributed by atoms with van der Waals surface area (Å²) in [6.07, 6.45) is -4.56. The molecule has 0 aliphatic rings. The predicted octanol–water partition coefficient (Wildman–Crippen LogP) is 1.98. The van der Waals surface area contributed by atoms with Gasteiger partial charge in [0.1, 0.15) is 17.0 Å². The van der Waals surface area contributed by atoms with E-state index >= 15 is 0 Å². The number of rotatable bonds is 3. The molecule has 21 heavy (non-hydrogen) atoms.